The quantitative estimate of drug-likeness (QED) is 0.534. The van der Waals surface area contributed by atoms with Gasteiger partial charge in [-0.15, -0.1) is 11.3 Å². The second-order valence-electron chi connectivity index (χ2n) is 9.58. The topological polar surface area (TPSA) is 25.4 Å². The van der Waals surface area contributed by atoms with Gasteiger partial charge in [0, 0.05) is 40.9 Å². The Kier molecular flexibility index (Phi) is 6.10. The fourth-order valence-corrected chi connectivity index (χ4v) is 5.15. The van der Waals surface area contributed by atoms with E-state index < -0.39 is 0 Å². The SMILES string of the molecule is Cc1ccc(C(C)(C)N2CC[C@@](CCc3ccc(F)s3)(COCC3CC3)C2)cn1. The molecule has 0 N–H and O–H groups in total. The van der Waals surface area contributed by atoms with Gasteiger partial charge in [0.15, 0.2) is 5.13 Å². The highest BCUT2D eigenvalue weighted by Crippen LogP contribution is 2.42. The van der Waals surface area contributed by atoms with Crippen LogP contribution in [0.3, 0.4) is 0 Å². The van der Waals surface area contributed by atoms with Crippen LogP contribution in [0.2, 0.25) is 0 Å². The van der Waals surface area contributed by atoms with Gasteiger partial charge in [-0.2, -0.15) is 4.39 Å². The highest BCUT2D eigenvalue weighted by atomic mass is 32.1. The Morgan fingerprint density at radius 3 is 2.76 bits per heavy atom. The molecule has 0 aromatic carbocycles. The van der Waals surface area contributed by atoms with Gasteiger partial charge in [0.1, 0.15) is 0 Å². The third kappa shape index (κ3) is 5.07. The molecule has 0 bridgehead atoms. The van der Waals surface area contributed by atoms with Crippen LogP contribution < -0.4 is 0 Å². The molecule has 3 nitrogen and oxygen atoms in total. The maximum atomic E-state index is 13.4. The van der Waals surface area contributed by atoms with Crippen LogP contribution in [0.5, 0.6) is 0 Å². The van der Waals surface area contributed by atoms with Crippen molar-refractivity contribution in [1.82, 2.24) is 9.88 Å². The summed E-state index contributed by atoms with van der Waals surface area (Å²) < 4.78 is 19.6. The molecule has 2 aromatic rings. The van der Waals surface area contributed by atoms with Gasteiger partial charge in [-0.1, -0.05) is 6.07 Å². The Morgan fingerprint density at radius 1 is 1.28 bits per heavy atom. The van der Waals surface area contributed by atoms with Gasteiger partial charge in [-0.3, -0.25) is 9.88 Å². The highest BCUT2D eigenvalue weighted by molar-refractivity contribution is 7.10. The first kappa shape index (κ1) is 21.0. The van der Waals surface area contributed by atoms with Gasteiger partial charge in [-0.05, 0) is 89.1 Å². The summed E-state index contributed by atoms with van der Waals surface area (Å²) in [5.74, 6) is 0.783. The third-order valence-electron chi connectivity index (χ3n) is 6.84. The van der Waals surface area contributed by atoms with Crippen molar-refractivity contribution in [3.05, 3.63) is 51.7 Å². The third-order valence-corrected chi connectivity index (χ3v) is 7.77. The van der Waals surface area contributed by atoms with Crippen LogP contribution in [0, 0.1) is 23.4 Å². The van der Waals surface area contributed by atoms with Crippen LogP contribution in [-0.2, 0) is 16.7 Å². The van der Waals surface area contributed by atoms with E-state index in [0.717, 1.165) is 62.1 Å². The van der Waals surface area contributed by atoms with Crippen molar-refractivity contribution in [2.75, 3.05) is 26.3 Å². The fourth-order valence-electron chi connectivity index (χ4n) is 4.42. The summed E-state index contributed by atoms with van der Waals surface area (Å²) >= 11 is 1.28. The Morgan fingerprint density at radius 2 is 2.10 bits per heavy atom. The summed E-state index contributed by atoms with van der Waals surface area (Å²) in [6.07, 6.45) is 7.78. The van der Waals surface area contributed by atoms with Crippen LogP contribution >= 0.6 is 11.3 Å². The van der Waals surface area contributed by atoms with Gasteiger partial charge in [0.2, 0.25) is 0 Å². The number of nitrogens with zero attached hydrogens (tertiary/aromatic N) is 2. The molecule has 1 aliphatic heterocycles. The predicted molar refractivity (Wildman–Crippen MR) is 117 cm³/mol. The molecule has 2 aromatic heterocycles. The predicted octanol–water partition coefficient (Wildman–Crippen LogP) is 5.58. The van der Waals surface area contributed by atoms with E-state index in [2.05, 4.69) is 35.9 Å². The summed E-state index contributed by atoms with van der Waals surface area (Å²) in [5.41, 5.74) is 2.40. The molecule has 1 atom stereocenters. The fraction of sp³-hybridized carbons (Fsp3) is 0.625. The van der Waals surface area contributed by atoms with Crippen LogP contribution in [0.4, 0.5) is 4.39 Å². The minimum Gasteiger partial charge on any atom is -0.381 e. The number of ether oxygens (including phenoxy) is 1. The number of halogens is 1. The largest absolute Gasteiger partial charge is 0.381 e. The highest BCUT2D eigenvalue weighted by Gasteiger charge is 2.44. The summed E-state index contributed by atoms with van der Waals surface area (Å²) in [5, 5.41) is -0.0833. The van der Waals surface area contributed by atoms with E-state index >= 15 is 0 Å². The first-order valence-electron chi connectivity index (χ1n) is 10.9. The zero-order valence-electron chi connectivity index (χ0n) is 17.9. The second-order valence-corrected chi connectivity index (χ2v) is 10.7. The number of likely N-dealkylation sites (tertiary alicyclic amines) is 1. The molecule has 0 radical (unpaired) electrons. The molecule has 4 rings (SSSR count). The minimum absolute atomic E-state index is 0.0615. The lowest BCUT2D eigenvalue weighted by Crippen LogP contribution is -2.42. The van der Waals surface area contributed by atoms with Crippen molar-refractivity contribution in [3.8, 4) is 0 Å². The van der Waals surface area contributed by atoms with Crippen LogP contribution in [0.25, 0.3) is 0 Å². The lowest BCUT2D eigenvalue weighted by molar-refractivity contribution is 0.0280. The standard InChI is InChI=1S/C24H33FN2OS/c1-18-4-7-20(14-26-18)23(2,3)27-13-12-24(16-27,17-28-15-19-5-6-19)11-10-21-8-9-22(25)29-21/h4,7-9,14,19H,5-6,10-13,15-17H2,1-3H3/t24-/m1/s1. The van der Waals surface area contributed by atoms with Crippen molar-refractivity contribution in [2.45, 2.75) is 58.4 Å². The Labute approximate surface area is 178 Å². The molecule has 1 saturated heterocycles. The number of aromatic nitrogens is 1. The average Bonchev–Trinajstić information content (AvgIpc) is 3.25. The maximum Gasteiger partial charge on any atom is 0.176 e. The molecule has 1 aliphatic carbocycles. The molecule has 0 spiro atoms. The zero-order chi connectivity index (χ0) is 20.5. The molecule has 1 saturated carbocycles. The smallest absolute Gasteiger partial charge is 0.176 e. The molecule has 29 heavy (non-hydrogen) atoms. The number of aryl methyl sites for hydroxylation is 2. The van der Waals surface area contributed by atoms with Crippen LogP contribution in [-0.4, -0.2) is 36.2 Å². The molecule has 158 valence electrons. The molecule has 3 heterocycles. The number of pyridine rings is 1. The van der Waals surface area contributed by atoms with Crippen molar-refractivity contribution in [3.63, 3.8) is 0 Å². The molecule has 5 heteroatoms. The zero-order valence-corrected chi connectivity index (χ0v) is 18.7. The molecule has 0 amide bonds. The second kappa shape index (κ2) is 8.44. The van der Waals surface area contributed by atoms with Crippen molar-refractivity contribution < 1.29 is 9.13 Å². The molecular formula is C24H33FN2OS. The lowest BCUT2D eigenvalue weighted by Gasteiger charge is -2.38. The van der Waals surface area contributed by atoms with Crippen molar-refractivity contribution in [1.29, 1.82) is 0 Å². The monoisotopic (exact) mass is 416 g/mol. The molecule has 0 unspecified atom stereocenters. The van der Waals surface area contributed by atoms with Gasteiger partial charge in [0.05, 0.1) is 6.61 Å². The maximum absolute atomic E-state index is 13.4. The normalized spacial score (nSPS) is 23.0. The number of thiophene rings is 1. The molecule has 2 fully saturated rings. The number of rotatable bonds is 9. The summed E-state index contributed by atoms with van der Waals surface area (Å²) in [7, 11) is 0. The summed E-state index contributed by atoms with van der Waals surface area (Å²) in [4.78, 5) is 8.26. The van der Waals surface area contributed by atoms with E-state index in [9.17, 15) is 4.39 Å². The van der Waals surface area contributed by atoms with Crippen molar-refractivity contribution in [2.24, 2.45) is 11.3 Å². The van der Waals surface area contributed by atoms with E-state index in [1.165, 1.54) is 29.7 Å². The summed E-state index contributed by atoms with van der Waals surface area (Å²) in [6.45, 7) is 10.4. The van der Waals surface area contributed by atoms with Gasteiger partial charge < -0.3 is 4.74 Å². The van der Waals surface area contributed by atoms with Crippen LogP contribution in [0.15, 0.2) is 30.5 Å². The average molecular weight is 417 g/mol. The number of hydrogen-bond acceptors (Lipinski definition) is 4. The summed E-state index contributed by atoms with van der Waals surface area (Å²) in [6, 6.07) is 7.84. The first-order chi connectivity index (χ1) is 13.9. The first-order valence-corrected chi connectivity index (χ1v) is 11.7. The Balaban J connectivity index is 1.46. The van der Waals surface area contributed by atoms with Gasteiger partial charge in [-0.25, -0.2) is 0 Å². The van der Waals surface area contributed by atoms with E-state index in [0.29, 0.717) is 0 Å². The van der Waals surface area contributed by atoms with E-state index in [-0.39, 0.29) is 16.1 Å². The van der Waals surface area contributed by atoms with Crippen molar-refractivity contribution >= 4 is 11.3 Å². The van der Waals surface area contributed by atoms with Gasteiger partial charge in [0.25, 0.3) is 0 Å². The van der Waals surface area contributed by atoms with Gasteiger partial charge >= 0.3 is 0 Å². The van der Waals surface area contributed by atoms with E-state index in [1.54, 1.807) is 6.07 Å². The minimum atomic E-state index is -0.0833. The van der Waals surface area contributed by atoms with Crippen LogP contribution in [0.1, 0.15) is 55.7 Å². The molecular weight excluding hydrogens is 383 g/mol. The Bertz CT molecular complexity index is 815. The van der Waals surface area contributed by atoms with E-state index in [1.807, 2.05) is 19.2 Å². The molecule has 2 aliphatic rings. The number of hydrogen-bond donors (Lipinski definition) is 0. The lowest BCUT2D eigenvalue weighted by atomic mass is 9.82. The Hall–Kier alpha value is -1.30. The van der Waals surface area contributed by atoms with E-state index in [4.69, 9.17) is 4.74 Å².